The lowest BCUT2D eigenvalue weighted by molar-refractivity contribution is -0.118. The largest absolute Gasteiger partial charge is 0.507 e. The summed E-state index contributed by atoms with van der Waals surface area (Å²) in [6, 6.07) is 20.7. The molecule has 1 amide bonds. The summed E-state index contributed by atoms with van der Waals surface area (Å²) in [5.74, 6) is 1.06. The summed E-state index contributed by atoms with van der Waals surface area (Å²) in [5, 5.41) is 20.2. The van der Waals surface area contributed by atoms with Crippen molar-refractivity contribution in [2.75, 3.05) is 19.0 Å². The van der Waals surface area contributed by atoms with Gasteiger partial charge in [0.15, 0.2) is 6.61 Å². The molecule has 2 N–H and O–H groups in total. The number of aromatic hydroxyl groups is 1. The summed E-state index contributed by atoms with van der Waals surface area (Å²) < 4.78 is 12.5. The zero-order valence-corrected chi connectivity index (χ0v) is 20.6. The molecule has 1 aliphatic rings. The highest BCUT2D eigenvalue weighted by atomic mass is 32.1. The highest BCUT2D eigenvalue weighted by molar-refractivity contribution is 7.07. The number of hydrogen-bond acceptors (Lipinski definition) is 7. The van der Waals surface area contributed by atoms with Crippen LogP contribution in [0.5, 0.6) is 17.2 Å². The van der Waals surface area contributed by atoms with Crippen LogP contribution in [-0.4, -0.2) is 35.1 Å². The minimum absolute atomic E-state index is 0.00214. The van der Waals surface area contributed by atoms with Gasteiger partial charge >= 0.3 is 0 Å². The van der Waals surface area contributed by atoms with Crippen LogP contribution in [0.15, 0.2) is 82.2 Å². The number of anilines is 1. The van der Waals surface area contributed by atoms with Crippen molar-refractivity contribution in [1.82, 2.24) is 4.68 Å². The number of nitrogens with one attached hydrogen (secondary N) is 1. The fourth-order valence-corrected chi connectivity index (χ4v) is 4.67. The van der Waals surface area contributed by atoms with Gasteiger partial charge in [-0.1, -0.05) is 30.3 Å². The van der Waals surface area contributed by atoms with Gasteiger partial charge in [0.1, 0.15) is 17.2 Å². The number of carbonyl (C=O) groups is 1. The van der Waals surface area contributed by atoms with Crippen LogP contribution in [0, 0.1) is 0 Å². The van der Waals surface area contributed by atoms with Crippen molar-refractivity contribution in [2.24, 2.45) is 10.1 Å². The molecule has 9 heteroatoms. The molecule has 0 saturated carbocycles. The molecule has 0 bridgehead atoms. The first kappa shape index (κ1) is 23.4. The van der Waals surface area contributed by atoms with Crippen molar-refractivity contribution in [3.05, 3.63) is 88.0 Å². The minimum Gasteiger partial charge on any atom is -0.507 e. The summed E-state index contributed by atoms with van der Waals surface area (Å²) in [4.78, 5) is 17.3. The van der Waals surface area contributed by atoms with Gasteiger partial charge in [-0.2, -0.15) is 5.10 Å². The van der Waals surface area contributed by atoms with Gasteiger partial charge in [0.25, 0.3) is 5.91 Å². The van der Waals surface area contributed by atoms with Crippen LogP contribution < -0.4 is 19.6 Å². The standard InChI is InChI=1S/C27H24N4O4S/c1-17(21-10-9-20(34-2)13-24(21)32)30-31-23(16-36-27(31)28-14-18-6-4-3-5-7-18)19-8-11-25-22(12-19)29-26(33)15-35-25/h3-13,16,32H,14-15H2,1-2H3,(H,29,33). The van der Waals surface area contributed by atoms with Crippen molar-refractivity contribution in [1.29, 1.82) is 0 Å². The lowest BCUT2D eigenvalue weighted by atomic mass is 10.1. The Morgan fingerprint density at radius 1 is 1.17 bits per heavy atom. The number of hydrogen-bond donors (Lipinski definition) is 2. The van der Waals surface area contributed by atoms with Crippen LogP contribution in [-0.2, 0) is 11.3 Å². The molecule has 0 unspecified atom stereocenters. The number of phenols is 1. The summed E-state index contributed by atoms with van der Waals surface area (Å²) in [6.07, 6.45) is 0. The van der Waals surface area contributed by atoms with Crippen molar-refractivity contribution >= 4 is 28.6 Å². The van der Waals surface area contributed by atoms with Crippen LogP contribution in [0.3, 0.4) is 0 Å². The van der Waals surface area contributed by atoms with E-state index in [1.54, 1.807) is 30.0 Å². The van der Waals surface area contributed by atoms with Crippen LogP contribution in [0.25, 0.3) is 11.3 Å². The third-order valence-corrected chi connectivity index (χ3v) is 6.53. The third kappa shape index (κ3) is 4.87. The van der Waals surface area contributed by atoms with Gasteiger partial charge in [0.05, 0.1) is 30.7 Å². The average Bonchev–Trinajstić information content (AvgIpc) is 3.29. The molecule has 0 saturated heterocycles. The van der Waals surface area contributed by atoms with Crippen LogP contribution in [0.1, 0.15) is 18.1 Å². The zero-order chi connectivity index (χ0) is 25.1. The summed E-state index contributed by atoms with van der Waals surface area (Å²) in [6.45, 7) is 2.33. The summed E-state index contributed by atoms with van der Waals surface area (Å²) >= 11 is 1.46. The van der Waals surface area contributed by atoms with Crippen molar-refractivity contribution < 1.29 is 19.4 Å². The second-order valence-electron chi connectivity index (χ2n) is 8.13. The van der Waals surface area contributed by atoms with Gasteiger partial charge in [0.2, 0.25) is 4.80 Å². The first-order valence-electron chi connectivity index (χ1n) is 11.3. The summed E-state index contributed by atoms with van der Waals surface area (Å²) in [7, 11) is 1.55. The Labute approximate surface area is 211 Å². The Balaban J connectivity index is 1.61. The van der Waals surface area contributed by atoms with E-state index in [-0.39, 0.29) is 18.3 Å². The lowest BCUT2D eigenvalue weighted by Crippen LogP contribution is -2.25. The second kappa shape index (κ2) is 10.1. The van der Waals surface area contributed by atoms with E-state index in [1.807, 2.05) is 60.8 Å². The number of amides is 1. The molecule has 4 aromatic rings. The molecule has 2 heterocycles. The van der Waals surface area contributed by atoms with E-state index in [9.17, 15) is 9.90 Å². The van der Waals surface area contributed by atoms with E-state index in [0.717, 1.165) is 16.8 Å². The molecule has 3 aromatic carbocycles. The highest BCUT2D eigenvalue weighted by Gasteiger charge is 2.18. The Morgan fingerprint density at radius 2 is 2.00 bits per heavy atom. The van der Waals surface area contributed by atoms with Gasteiger partial charge in [0, 0.05) is 22.6 Å². The number of carbonyl (C=O) groups excluding carboxylic acids is 1. The maximum Gasteiger partial charge on any atom is 0.262 e. The van der Waals surface area contributed by atoms with Crippen molar-refractivity contribution in [3.63, 3.8) is 0 Å². The number of phenolic OH excluding ortho intramolecular Hbond substituents is 1. The number of methoxy groups -OCH3 is 1. The first-order chi connectivity index (χ1) is 17.5. The molecule has 0 radical (unpaired) electrons. The molecule has 0 spiro atoms. The van der Waals surface area contributed by atoms with Gasteiger partial charge in [-0.15, -0.1) is 11.3 Å². The maximum atomic E-state index is 11.8. The van der Waals surface area contributed by atoms with Crippen LogP contribution in [0.2, 0.25) is 0 Å². The monoisotopic (exact) mass is 500 g/mol. The molecule has 0 aliphatic carbocycles. The first-order valence-corrected chi connectivity index (χ1v) is 12.1. The highest BCUT2D eigenvalue weighted by Crippen LogP contribution is 2.33. The predicted octanol–water partition coefficient (Wildman–Crippen LogP) is 4.63. The Kier molecular flexibility index (Phi) is 6.55. The SMILES string of the molecule is COc1ccc(C(C)=Nn2c(-c3ccc4c(c3)NC(=O)CO4)csc2=NCc2ccccc2)c(O)c1. The van der Waals surface area contributed by atoms with E-state index in [2.05, 4.69) is 5.32 Å². The normalized spacial score (nSPS) is 13.7. The molecule has 5 rings (SSSR count). The van der Waals surface area contributed by atoms with E-state index in [4.69, 9.17) is 19.6 Å². The number of aromatic nitrogens is 1. The molecule has 1 aliphatic heterocycles. The average molecular weight is 501 g/mol. The van der Waals surface area contributed by atoms with Crippen LogP contribution in [0.4, 0.5) is 5.69 Å². The van der Waals surface area contributed by atoms with Crippen molar-refractivity contribution in [3.8, 4) is 28.5 Å². The molecule has 8 nitrogen and oxygen atoms in total. The minimum atomic E-state index is -0.194. The smallest absolute Gasteiger partial charge is 0.262 e. The number of nitrogens with zero attached hydrogens (tertiary/aromatic N) is 3. The second-order valence-corrected chi connectivity index (χ2v) is 8.97. The fourth-order valence-electron chi connectivity index (χ4n) is 3.84. The Bertz CT molecular complexity index is 1520. The molecular weight excluding hydrogens is 476 g/mol. The molecule has 1 aromatic heterocycles. The molecular formula is C27H24N4O4S. The Morgan fingerprint density at radius 3 is 2.78 bits per heavy atom. The fraction of sp³-hybridized carbons (Fsp3) is 0.148. The number of ether oxygens (including phenoxy) is 2. The zero-order valence-electron chi connectivity index (χ0n) is 19.8. The van der Waals surface area contributed by atoms with Gasteiger partial charge in [-0.25, -0.2) is 4.68 Å². The Hall–Kier alpha value is -4.37. The van der Waals surface area contributed by atoms with E-state index < -0.39 is 0 Å². The van der Waals surface area contributed by atoms with Crippen molar-refractivity contribution in [2.45, 2.75) is 13.5 Å². The van der Waals surface area contributed by atoms with E-state index >= 15 is 0 Å². The number of thiazole rings is 1. The molecule has 182 valence electrons. The third-order valence-electron chi connectivity index (χ3n) is 5.68. The van der Waals surface area contributed by atoms with Gasteiger partial charge in [-0.3, -0.25) is 9.79 Å². The summed E-state index contributed by atoms with van der Waals surface area (Å²) in [5.41, 5.74) is 4.51. The molecule has 0 fully saturated rings. The lowest BCUT2D eigenvalue weighted by Gasteiger charge is -2.18. The number of rotatable bonds is 6. The van der Waals surface area contributed by atoms with Gasteiger partial charge in [-0.05, 0) is 42.8 Å². The molecule has 36 heavy (non-hydrogen) atoms. The number of benzene rings is 3. The topological polar surface area (TPSA) is 97.4 Å². The molecule has 0 atom stereocenters. The van der Waals surface area contributed by atoms with E-state index in [1.165, 1.54) is 11.3 Å². The van der Waals surface area contributed by atoms with Crippen LogP contribution >= 0.6 is 11.3 Å². The predicted molar refractivity (Wildman–Crippen MR) is 140 cm³/mol. The quantitative estimate of drug-likeness (QED) is 0.377. The maximum absolute atomic E-state index is 11.8. The van der Waals surface area contributed by atoms with Gasteiger partial charge < -0.3 is 19.9 Å². The van der Waals surface area contributed by atoms with E-state index in [0.29, 0.717) is 39.8 Å². The number of fused-ring (bicyclic) bond motifs is 1.